The lowest BCUT2D eigenvalue weighted by Crippen LogP contribution is -2.46. The predicted octanol–water partition coefficient (Wildman–Crippen LogP) is 4.06. The zero-order chi connectivity index (χ0) is 23.5. The second-order valence-corrected chi connectivity index (χ2v) is 9.41. The van der Waals surface area contributed by atoms with Gasteiger partial charge in [0.05, 0.1) is 12.5 Å². The lowest BCUT2D eigenvalue weighted by molar-refractivity contribution is -0.135. The Hall–Kier alpha value is -3.15. The van der Waals surface area contributed by atoms with E-state index in [0.717, 1.165) is 47.3 Å². The second-order valence-electron chi connectivity index (χ2n) is 9.41. The number of nitrogens with zero attached hydrogens (tertiary/aromatic N) is 1. The number of nitrogens with one attached hydrogen (secondary N) is 2. The van der Waals surface area contributed by atoms with Crippen LogP contribution in [0.25, 0.3) is 0 Å². The van der Waals surface area contributed by atoms with E-state index in [1.165, 1.54) is 5.56 Å². The minimum absolute atomic E-state index is 0.0372. The molecular formula is C27H33N3O3. The van der Waals surface area contributed by atoms with E-state index in [1.54, 1.807) is 0 Å². The van der Waals surface area contributed by atoms with E-state index in [0.29, 0.717) is 19.4 Å². The van der Waals surface area contributed by atoms with Crippen molar-refractivity contribution in [2.45, 2.75) is 52.9 Å². The molecule has 0 spiro atoms. The highest BCUT2D eigenvalue weighted by Gasteiger charge is 2.39. The summed E-state index contributed by atoms with van der Waals surface area (Å²) in [7, 11) is 0. The van der Waals surface area contributed by atoms with Gasteiger partial charge in [-0.1, -0.05) is 48.7 Å². The summed E-state index contributed by atoms with van der Waals surface area (Å²) in [6.45, 7) is 6.51. The molecule has 2 aromatic rings. The summed E-state index contributed by atoms with van der Waals surface area (Å²) in [6.07, 6.45) is 4.11. The van der Waals surface area contributed by atoms with Crippen LogP contribution in [-0.2, 0) is 20.8 Å². The van der Waals surface area contributed by atoms with Gasteiger partial charge in [-0.15, -0.1) is 0 Å². The van der Waals surface area contributed by atoms with Crippen molar-refractivity contribution in [2.75, 3.05) is 23.3 Å². The minimum atomic E-state index is -0.394. The molecule has 3 amide bonds. The first kappa shape index (κ1) is 23.0. The van der Waals surface area contributed by atoms with Gasteiger partial charge in [-0.05, 0) is 62.8 Å². The third-order valence-corrected chi connectivity index (χ3v) is 6.94. The number of para-hydroxylation sites is 1. The fraction of sp³-hybridized carbons (Fsp3) is 0.444. The van der Waals surface area contributed by atoms with E-state index in [2.05, 4.69) is 16.7 Å². The first-order valence-electron chi connectivity index (χ1n) is 11.9. The summed E-state index contributed by atoms with van der Waals surface area (Å²) >= 11 is 0. The van der Waals surface area contributed by atoms with Gasteiger partial charge in [0.15, 0.2) is 0 Å². The molecule has 0 aromatic heterocycles. The van der Waals surface area contributed by atoms with Crippen LogP contribution in [0.15, 0.2) is 36.4 Å². The zero-order valence-corrected chi connectivity index (χ0v) is 19.7. The molecule has 0 saturated heterocycles. The van der Waals surface area contributed by atoms with Gasteiger partial charge in [0.2, 0.25) is 17.7 Å². The van der Waals surface area contributed by atoms with Crippen molar-refractivity contribution in [1.29, 1.82) is 0 Å². The predicted molar refractivity (Wildman–Crippen MR) is 130 cm³/mol. The molecule has 1 fully saturated rings. The zero-order valence-electron chi connectivity index (χ0n) is 19.7. The van der Waals surface area contributed by atoms with Crippen molar-refractivity contribution in [3.63, 3.8) is 0 Å². The average molecular weight is 448 g/mol. The maximum absolute atomic E-state index is 13.4. The van der Waals surface area contributed by atoms with Crippen LogP contribution in [0.1, 0.15) is 47.9 Å². The van der Waals surface area contributed by atoms with Gasteiger partial charge in [0, 0.05) is 23.8 Å². The van der Waals surface area contributed by atoms with Gasteiger partial charge in [-0.3, -0.25) is 14.4 Å². The maximum Gasteiger partial charge on any atom is 0.243 e. The van der Waals surface area contributed by atoms with E-state index in [1.807, 2.05) is 56.0 Å². The number of amides is 3. The fourth-order valence-corrected chi connectivity index (χ4v) is 5.37. The van der Waals surface area contributed by atoms with Crippen LogP contribution < -0.4 is 15.5 Å². The second kappa shape index (κ2) is 9.77. The molecule has 6 heteroatoms. The average Bonchev–Trinajstić information content (AvgIpc) is 3.23. The molecule has 2 aliphatic rings. The molecule has 2 N–H and O–H groups in total. The highest BCUT2D eigenvalue weighted by molar-refractivity contribution is 6.00. The standard InChI is InChI=1S/C27H33N3O3/c1-17-14-18(2)25(19(3)15-17)29-24(31)16-28-26(32)21-9-5-6-10-22(21)27(33)30-13-12-20-8-4-7-11-23(20)30/h4,7-8,11,14-15,21-22H,5-6,9-10,12-13,16H2,1-3H3,(H,28,32)(H,29,31)/t21-,22-/m0/s1. The first-order valence-corrected chi connectivity index (χ1v) is 11.9. The van der Waals surface area contributed by atoms with E-state index < -0.39 is 5.92 Å². The summed E-state index contributed by atoms with van der Waals surface area (Å²) < 4.78 is 0. The van der Waals surface area contributed by atoms with Gasteiger partial charge in [-0.2, -0.15) is 0 Å². The summed E-state index contributed by atoms with van der Waals surface area (Å²) in [5, 5.41) is 5.72. The molecule has 1 saturated carbocycles. The van der Waals surface area contributed by atoms with Crippen LogP contribution in [0.2, 0.25) is 0 Å². The molecule has 33 heavy (non-hydrogen) atoms. The van der Waals surface area contributed by atoms with Gasteiger partial charge < -0.3 is 15.5 Å². The number of benzene rings is 2. The Balaban J connectivity index is 1.39. The number of carbonyl (C=O) groups excluding carboxylic acids is 3. The van der Waals surface area contributed by atoms with Crippen LogP contribution >= 0.6 is 0 Å². The summed E-state index contributed by atoms with van der Waals surface area (Å²) in [5.74, 6) is -1.15. The van der Waals surface area contributed by atoms with Gasteiger partial charge in [0.1, 0.15) is 0 Å². The van der Waals surface area contributed by atoms with Crippen LogP contribution in [-0.4, -0.2) is 30.8 Å². The number of hydrogen-bond acceptors (Lipinski definition) is 3. The molecule has 6 nitrogen and oxygen atoms in total. The summed E-state index contributed by atoms with van der Waals surface area (Å²) in [6, 6.07) is 12.0. The van der Waals surface area contributed by atoms with Crippen molar-refractivity contribution in [3.8, 4) is 0 Å². The number of carbonyl (C=O) groups is 3. The molecular weight excluding hydrogens is 414 g/mol. The molecule has 1 aliphatic heterocycles. The Morgan fingerprint density at radius 3 is 2.36 bits per heavy atom. The first-order chi connectivity index (χ1) is 15.8. The molecule has 1 aliphatic carbocycles. The normalized spacial score (nSPS) is 19.7. The molecule has 0 radical (unpaired) electrons. The lowest BCUT2D eigenvalue weighted by Gasteiger charge is -2.32. The maximum atomic E-state index is 13.4. The van der Waals surface area contributed by atoms with Crippen LogP contribution in [0.4, 0.5) is 11.4 Å². The van der Waals surface area contributed by atoms with Gasteiger partial charge >= 0.3 is 0 Å². The quantitative estimate of drug-likeness (QED) is 0.726. The van der Waals surface area contributed by atoms with Crippen molar-refractivity contribution >= 4 is 29.1 Å². The molecule has 1 heterocycles. The summed E-state index contributed by atoms with van der Waals surface area (Å²) in [5.41, 5.74) is 6.08. The molecule has 0 bridgehead atoms. The van der Waals surface area contributed by atoms with Crippen molar-refractivity contribution in [2.24, 2.45) is 11.8 Å². The Morgan fingerprint density at radius 1 is 0.970 bits per heavy atom. The number of anilines is 2. The number of rotatable bonds is 5. The summed E-state index contributed by atoms with van der Waals surface area (Å²) in [4.78, 5) is 40.9. The lowest BCUT2D eigenvalue weighted by atomic mass is 9.77. The van der Waals surface area contributed by atoms with Crippen molar-refractivity contribution in [1.82, 2.24) is 5.32 Å². The Morgan fingerprint density at radius 2 is 1.64 bits per heavy atom. The molecule has 2 aromatic carbocycles. The highest BCUT2D eigenvalue weighted by Crippen LogP contribution is 2.36. The van der Waals surface area contributed by atoms with Crippen molar-refractivity contribution in [3.05, 3.63) is 58.7 Å². The van der Waals surface area contributed by atoms with E-state index in [9.17, 15) is 14.4 Å². The molecule has 174 valence electrons. The molecule has 0 unspecified atom stereocenters. The minimum Gasteiger partial charge on any atom is -0.347 e. The third-order valence-electron chi connectivity index (χ3n) is 6.94. The largest absolute Gasteiger partial charge is 0.347 e. The SMILES string of the molecule is Cc1cc(C)c(NC(=O)CNC(=O)[C@H]2CCCC[C@@H]2C(=O)N2CCc3ccccc32)c(C)c1. The smallest absolute Gasteiger partial charge is 0.243 e. The van der Waals surface area contributed by atoms with Crippen LogP contribution in [0.3, 0.4) is 0 Å². The number of hydrogen-bond donors (Lipinski definition) is 2. The Kier molecular flexibility index (Phi) is 6.82. The number of fused-ring (bicyclic) bond motifs is 1. The van der Waals surface area contributed by atoms with Gasteiger partial charge in [-0.25, -0.2) is 0 Å². The van der Waals surface area contributed by atoms with Gasteiger partial charge in [0.25, 0.3) is 0 Å². The number of aryl methyl sites for hydroxylation is 3. The van der Waals surface area contributed by atoms with E-state index >= 15 is 0 Å². The van der Waals surface area contributed by atoms with Crippen LogP contribution in [0.5, 0.6) is 0 Å². The third kappa shape index (κ3) is 4.95. The molecule has 2 atom stereocenters. The van der Waals surface area contributed by atoms with E-state index in [4.69, 9.17) is 0 Å². The molecule has 4 rings (SSSR count). The highest BCUT2D eigenvalue weighted by atomic mass is 16.2. The van der Waals surface area contributed by atoms with E-state index in [-0.39, 0.29) is 30.2 Å². The Bertz CT molecular complexity index is 1060. The fourth-order valence-electron chi connectivity index (χ4n) is 5.37. The van der Waals surface area contributed by atoms with Crippen LogP contribution in [0, 0.1) is 32.6 Å². The van der Waals surface area contributed by atoms with Crippen molar-refractivity contribution < 1.29 is 14.4 Å². The Labute approximate surface area is 195 Å². The monoisotopic (exact) mass is 447 g/mol. The topological polar surface area (TPSA) is 78.5 Å².